The van der Waals surface area contributed by atoms with E-state index < -0.39 is 18.1 Å². The molecule has 0 radical (unpaired) electrons. The predicted molar refractivity (Wildman–Crippen MR) is 51.5 cm³/mol. The molecule has 0 heterocycles. The van der Waals surface area contributed by atoms with Gasteiger partial charge in [0.25, 0.3) is 0 Å². The molecule has 0 unspecified atom stereocenters. The molecule has 0 atom stereocenters. The molecule has 0 saturated heterocycles. The van der Waals surface area contributed by atoms with Crippen molar-refractivity contribution in [1.29, 1.82) is 0 Å². The van der Waals surface area contributed by atoms with Crippen molar-refractivity contribution in [1.82, 2.24) is 0 Å². The number of carboxylic acid groups (broad SMARTS) is 2. The molecule has 94 valence electrons. The first-order chi connectivity index (χ1) is 7.73. The average Bonchev–Trinajstić information content (AvgIpc) is 2.17. The van der Waals surface area contributed by atoms with Crippen molar-refractivity contribution in [2.75, 3.05) is 0 Å². The van der Waals surface area contributed by atoms with Gasteiger partial charge >= 0.3 is 18.1 Å². The quantitative estimate of drug-likeness (QED) is 0.841. The molecule has 0 fully saturated rings. The molecule has 7 heteroatoms. The third-order valence-corrected chi connectivity index (χ3v) is 1.44. The summed E-state index contributed by atoms with van der Waals surface area (Å²) in [6.07, 6.45) is -4.97. The lowest BCUT2D eigenvalue weighted by Crippen LogP contribution is -2.21. The van der Waals surface area contributed by atoms with Gasteiger partial charge in [-0.05, 0) is 5.56 Å². The lowest BCUT2D eigenvalue weighted by atomic mass is 10.2. The molecule has 1 rings (SSSR count). The SMILES string of the molecule is O=C(O)C(F)(F)F.O=C(O)Cc1ccccc1. The molecule has 0 aliphatic rings. The smallest absolute Gasteiger partial charge is 0.481 e. The highest BCUT2D eigenvalue weighted by atomic mass is 19.4. The Labute approximate surface area is 94.3 Å². The molecule has 1 aromatic carbocycles. The standard InChI is InChI=1S/C8H8O2.C2HF3O2/c9-8(10)6-7-4-2-1-3-5-7;3-2(4,5)1(6)7/h1-5H,6H2,(H,9,10);(H,6,7). The van der Waals surface area contributed by atoms with Gasteiger partial charge in [-0.1, -0.05) is 30.3 Å². The topological polar surface area (TPSA) is 74.6 Å². The van der Waals surface area contributed by atoms with E-state index in [-0.39, 0.29) is 6.42 Å². The molecular formula is C10H9F3O4. The molecule has 17 heavy (non-hydrogen) atoms. The third kappa shape index (κ3) is 7.83. The maximum absolute atomic E-state index is 10.6. The van der Waals surface area contributed by atoms with Gasteiger partial charge in [-0.3, -0.25) is 4.79 Å². The first-order valence-corrected chi connectivity index (χ1v) is 4.29. The zero-order chi connectivity index (χ0) is 13.5. The molecule has 4 nitrogen and oxygen atoms in total. The lowest BCUT2D eigenvalue weighted by molar-refractivity contribution is -0.192. The van der Waals surface area contributed by atoms with Gasteiger partial charge in [-0.15, -0.1) is 0 Å². The number of hydrogen-bond donors (Lipinski definition) is 2. The van der Waals surface area contributed by atoms with Gasteiger partial charge in [-0.25, -0.2) is 4.79 Å². The Morgan fingerprint density at radius 2 is 1.47 bits per heavy atom. The number of carbonyl (C=O) groups is 2. The largest absolute Gasteiger partial charge is 0.490 e. The maximum Gasteiger partial charge on any atom is 0.490 e. The minimum Gasteiger partial charge on any atom is -0.481 e. The van der Waals surface area contributed by atoms with Crippen LogP contribution >= 0.6 is 0 Å². The number of alkyl halides is 3. The summed E-state index contributed by atoms with van der Waals surface area (Å²) in [5.74, 6) is -3.54. The van der Waals surface area contributed by atoms with E-state index in [4.69, 9.17) is 15.0 Å². The van der Waals surface area contributed by atoms with Gasteiger partial charge in [0.05, 0.1) is 6.42 Å². The highest BCUT2D eigenvalue weighted by Crippen LogP contribution is 2.13. The van der Waals surface area contributed by atoms with Crippen LogP contribution in [0.15, 0.2) is 30.3 Å². The second kappa shape index (κ2) is 6.51. The summed E-state index contributed by atoms with van der Waals surface area (Å²) < 4.78 is 31.7. The first-order valence-electron chi connectivity index (χ1n) is 4.29. The zero-order valence-corrected chi connectivity index (χ0v) is 8.44. The fraction of sp³-hybridized carbons (Fsp3) is 0.200. The van der Waals surface area contributed by atoms with Crippen molar-refractivity contribution in [2.45, 2.75) is 12.6 Å². The van der Waals surface area contributed by atoms with Crippen LogP contribution in [0.4, 0.5) is 13.2 Å². The van der Waals surface area contributed by atoms with Gasteiger partial charge < -0.3 is 10.2 Å². The second-order valence-corrected chi connectivity index (χ2v) is 2.86. The molecule has 0 aliphatic heterocycles. The number of carboxylic acids is 2. The Balaban J connectivity index is 0.000000325. The fourth-order valence-electron chi connectivity index (χ4n) is 0.770. The zero-order valence-electron chi connectivity index (χ0n) is 8.44. The van der Waals surface area contributed by atoms with Crippen LogP contribution in [0.2, 0.25) is 0 Å². The lowest BCUT2D eigenvalue weighted by Gasteiger charge is -1.93. The number of benzene rings is 1. The summed E-state index contributed by atoms with van der Waals surface area (Å²) in [6.45, 7) is 0. The average molecular weight is 250 g/mol. The Morgan fingerprint density at radius 1 is 1.06 bits per heavy atom. The van der Waals surface area contributed by atoms with Crippen molar-refractivity contribution in [3.63, 3.8) is 0 Å². The van der Waals surface area contributed by atoms with Crippen LogP contribution in [0.25, 0.3) is 0 Å². The summed E-state index contributed by atoms with van der Waals surface area (Å²) in [7, 11) is 0. The maximum atomic E-state index is 10.6. The van der Waals surface area contributed by atoms with E-state index >= 15 is 0 Å². The Kier molecular flexibility index (Phi) is 5.73. The van der Waals surface area contributed by atoms with E-state index in [0.717, 1.165) is 5.56 Å². The van der Waals surface area contributed by atoms with Gasteiger partial charge in [0.1, 0.15) is 0 Å². The van der Waals surface area contributed by atoms with E-state index in [9.17, 15) is 18.0 Å². The molecule has 0 aliphatic carbocycles. The van der Waals surface area contributed by atoms with Crippen LogP contribution in [0.1, 0.15) is 5.56 Å². The van der Waals surface area contributed by atoms with Crippen molar-refractivity contribution in [3.8, 4) is 0 Å². The summed E-state index contributed by atoms with van der Waals surface area (Å²) in [5.41, 5.74) is 0.843. The normalized spacial score (nSPS) is 10.1. The summed E-state index contributed by atoms with van der Waals surface area (Å²) in [6, 6.07) is 9.13. The Bertz CT molecular complexity index is 373. The van der Waals surface area contributed by atoms with Crippen LogP contribution in [-0.4, -0.2) is 28.3 Å². The van der Waals surface area contributed by atoms with Crippen molar-refractivity contribution >= 4 is 11.9 Å². The number of halogens is 3. The minimum atomic E-state index is -5.08. The van der Waals surface area contributed by atoms with Crippen molar-refractivity contribution in [2.24, 2.45) is 0 Å². The summed E-state index contributed by atoms with van der Waals surface area (Å²) in [5, 5.41) is 15.5. The summed E-state index contributed by atoms with van der Waals surface area (Å²) in [4.78, 5) is 19.1. The summed E-state index contributed by atoms with van der Waals surface area (Å²) >= 11 is 0. The minimum absolute atomic E-state index is 0.112. The highest BCUT2D eigenvalue weighted by molar-refractivity contribution is 5.73. The van der Waals surface area contributed by atoms with Crippen LogP contribution in [-0.2, 0) is 16.0 Å². The second-order valence-electron chi connectivity index (χ2n) is 2.86. The monoisotopic (exact) mass is 250 g/mol. The molecule has 0 bridgehead atoms. The van der Waals surface area contributed by atoms with E-state index in [1.54, 1.807) is 12.1 Å². The van der Waals surface area contributed by atoms with Crippen LogP contribution in [0.3, 0.4) is 0 Å². The molecule has 2 N–H and O–H groups in total. The Hall–Kier alpha value is -2.05. The van der Waals surface area contributed by atoms with E-state index in [0.29, 0.717) is 0 Å². The van der Waals surface area contributed by atoms with Crippen molar-refractivity contribution < 1.29 is 33.0 Å². The predicted octanol–water partition coefficient (Wildman–Crippen LogP) is 1.95. The number of hydrogen-bond acceptors (Lipinski definition) is 2. The van der Waals surface area contributed by atoms with E-state index in [1.807, 2.05) is 18.2 Å². The third-order valence-electron chi connectivity index (χ3n) is 1.44. The fourth-order valence-corrected chi connectivity index (χ4v) is 0.770. The molecule has 0 amide bonds. The van der Waals surface area contributed by atoms with Crippen molar-refractivity contribution in [3.05, 3.63) is 35.9 Å². The molecule has 1 aromatic rings. The van der Waals surface area contributed by atoms with Crippen LogP contribution in [0.5, 0.6) is 0 Å². The molecule has 0 saturated carbocycles. The van der Waals surface area contributed by atoms with Gasteiger partial charge in [0.2, 0.25) is 0 Å². The molecule has 0 aromatic heterocycles. The first kappa shape index (κ1) is 14.9. The number of rotatable bonds is 2. The van der Waals surface area contributed by atoms with E-state index in [1.165, 1.54) is 0 Å². The van der Waals surface area contributed by atoms with Gasteiger partial charge in [0, 0.05) is 0 Å². The Morgan fingerprint density at radius 3 is 1.76 bits per heavy atom. The van der Waals surface area contributed by atoms with Gasteiger partial charge in [0.15, 0.2) is 0 Å². The van der Waals surface area contributed by atoms with Gasteiger partial charge in [-0.2, -0.15) is 13.2 Å². The number of aliphatic carboxylic acids is 2. The molecule has 0 spiro atoms. The van der Waals surface area contributed by atoms with Crippen LogP contribution < -0.4 is 0 Å². The highest BCUT2D eigenvalue weighted by Gasteiger charge is 2.38. The van der Waals surface area contributed by atoms with E-state index in [2.05, 4.69) is 0 Å². The molecular weight excluding hydrogens is 241 g/mol. The van der Waals surface area contributed by atoms with Crippen LogP contribution in [0, 0.1) is 0 Å².